The fraction of sp³-hybridized carbons (Fsp3) is 0.667. The summed E-state index contributed by atoms with van der Waals surface area (Å²) in [6, 6.07) is 0. The van der Waals surface area contributed by atoms with Gasteiger partial charge in [0.05, 0.1) is 0 Å². The minimum absolute atomic E-state index is 0.283. The quantitative estimate of drug-likeness (QED) is 0.660. The first-order valence-corrected chi connectivity index (χ1v) is 7.80. The zero-order chi connectivity index (χ0) is 10.3. The molecule has 2 nitrogen and oxygen atoms in total. The molecule has 0 radical (unpaired) electrons. The van der Waals surface area contributed by atoms with Crippen LogP contribution in [0.15, 0.2) is 12.4 Å². The van der Waals surface area contributed by atoms with Crippen LogP contribution in [0, 0.1) is 0 Å². The maximum atomic E-state index is 6.02. The van der Waals surface area contributed by atoms with Crippen molar-refractivity contribution < 1.29 is 0 Å². The third-order valence-electron chi connectivity index (χ3n) is 3.03. The van der Waals surface area contributed by atoms with Crippen molar-refractivity contribution in [3.05, 3.63) is 12.4 Å². The van der Waals surface area contributed by atoms with Crippen LogP contribution in [0.3, 0.4) is 0 Å². The molecule has 0 saturated carbocycles. The molecule has 1 aromatic heterocycles. The Morgan fingerprint density at radius 1 is 1.38 bits per heavy atom. The van der Waals surface area contributed by atoms with Crippen LogP contribution in [-0.2, 0) is 0 Å². The van der Waals surface area contributed by atoms with Crippen molar-refractivity contribution in [1.29, 1.82) is 0 Å². The summed E-state index contributed by atoms with van der Waals surface area (Å²) in [4.78, 5) is 4.35. The first kappa shape index (κ1) is 10.8. The van der Waals surface area contributed by atoms with Crippen molar-refractivity contribution >= 4 is 25.3 Å². The molecule has 0 aliphatic rings. The molecule has 1 aromatic rings. The topological polar surface area (TPSA) is 17.8 Å². The first-order chi connectivity index (χ1) is 5.77. The first-order valence-electron chi connectivity index (χ1n) is 4.47. The van der Waals surface area contributed by atoms with Crippen LogP contribution in [0.2, 0.25) is 18.1 Å². The summed E-state index contributed by atoms with van der Waals surface area (Å²) in [6.07, 6.45) is 3.57. The summed E-state index contributed by atoms with van der Waals surface area (Å²) in [5, 5.41) is 0.283. The van der Waals surface area contributed by atoms with Gasteiger partial charge in [-0.1, -0.05) is 33.9 Å². The third-order valence-corrected chi connectivity index (χ3v) is 8.68. The molecule has 1 rings (SSSR count). The zero-order valence-electron chi connectivity index (χ0n) is 8.93. The van der Waals surface area contributed by atoms with Crippen LogP contribution < -0.4 is 5.45 Å². The molecule has 74 valence electrons. The molecule has 0 aliphatic carbocycles. The lowest BCUT2D eigenvalue weighted by Gasteiger charge is -2.35. The Hall–Kier alpha value is -0.283. The molecule has 0 aromatic carbocycles. The largest absolute Gasteiger partial charge is 0.250 e. The molecular formula is C9H17ClN2Si. The minimum Gasteiger partial charge on any atom is -0.250 e. The molecule has 0 bridgehead atoms. The van der Waals surface area contributed by atoms with E-state index < -0.39 is 8.07 Å². The molecule has 0 spiro atoms. The smallest absolute Gasteiger partial charge is 0.133 e. The van der Waals surface area contributed by atoms with Gasteiger partial charge in [-0.05, 0) is 5.04 Å². The fourth-order valence-electron chi connectivity index (χ4n) is 1.05. The predicted molar refractivity (Wildman–Crippen MR) is 60.3 cm³/mol. The van der Waals surface area contributed by atoms with E-state index in [1.54, 1.807) is 16.5 Å². The maximum absolute atomic E-state index is 6.02. The zero-order valence-corrected chi connectivity index (χ0v) is 10.7. The fourth-order valence-corrected chi connectivity index (χ4v) is 3.46. The normalized spacial score (nSPS) is 13.4. The Kier molecular flexibility index (Phi) is 2.60. The molecule has 0 N–H and O–H groups in total. The van der Waals surface area contributed by atoms with E-state index in [0.29, 0.717) is 0 Å². The molecule has 0 fully saturated rings. The maximum Gasteiger partial charge on any atom is 0.133 e. The average molecular weight is 217 g/mol. The van der Waals surface area contributed by atoms with Crippen LogP contribution in [-0.4, -0.2) is 17.1 Å². The molecular weight excluding hydrogens is 200 g/mol. The lowest BCUT2D eigenvalue weighted by molar-refractivity contribution is 0.726. The molecule has 0 unspecified atom stereocenters. The molecule has 0 saturated heterocycles. The van der Waals surface area contributed by atoms with E-state index in [2.05, 4.69) is 38.8 Å². The van der Waals surface area contributed by atoms with E-state index in [4.69, 9.17) is 11.8 Å². The summed E-state index contributed by atoms with van der Waals surface area (Å²) in [5.74, 6) is 0. The highest BCUT2D eigenvalue weighted by molar-refractivity contribution is 6.91. The van der Waals surface area contributed by atoms with Gasteiger partial charge in [-0.15, -0.1) is 0 Å². The van der Waals surface area contributed by atoms with Crippen molar-refractivity contribution in [2.45, 2.75) is 38.9 Å². The summed E-state index contributed by atoms with van der Waals surface area (Å²) in [6.45, 7) is 11.4. The van der Waals surface area contributed by atoms with Crippen molar-refractivity contribution in [3.63, 3.8) is 0 Å². The van der Waals surface area contributed by atoms with Crippen molar-refractivity contribution in [1.82, 2.24) is 9.07 Å². The Labute approximate surface area is 86.1 Å². The average Bonchev–Trinajstić information content (AvgIpc) is 2.32. The summed E-state index contributed by atoms with van der Waals surface area (Å²) in [7, 11) is -1.55. The number of halogens is 1. The van der Waals surface area contributed by atoms with Gasteiger partial charge < -0.3 is 0 Å². The van der Waals surface area contributed by atoms with Crippen LogP contribution in [0.5, 0.6) is 0 Å². The van der Waals surface area contributed by atoms with Crippen LogP contribution in [0.25, 0.3) is 0 Å². The van der Waals surface area contributed by atoms with Gasteiger partial charge in [0.1, 0.15) is 13.5 Å². The predicted octanol–water partition coefficient (Wildman–Crippen LogP) is 2.60. The van der Waals surface area contributed by atoms with Gasteiger partial charge in [-0.2, -0.15) is 0 Å². The van der Waals surface area contributed by atoms with E-state index >= 15 is 0 Å². The number of hydrogen-bond acceptors (Lipinski definition) is 1. The molecule has 1 heterocycles. The number of aromatic nitrogens is 2. The molecule has 0 atom stereocenters. The van der Waals surface area contributed by atoms with Crippen molar-refractivity contribution in [3.8, 4) is 0 Å². The van der Waals surface area contributed by atoms with Gasteiger partial charge >= 0.3 is 0 Å². The van der Waals surface area contributed by atoms with Gasteiger partial charge in [0.25, 0.3) is 0 Å². The Morgan fingerprint density at radius 2 is 1.92 bits per heavy atom. The number of hydrogen-bond donors (Lipinski definition) is 0. The number of nitrogens with zero attached hydrogens (tertiary/aromatic N) is 2. The van der Waals surface area contributed by atoms with Gasteiger partial charge in [0, 0.05) is 24.2 Å². The second kappa shape index (κ2) is 3.14. The second-order valence-electron chi connectivity index (χ2n) is 4.94. The summed E-state index contributed by atoms with van der Waals surface area (Å²) >= 11 is 6.02. The lowest BCUT2D eigenvalue weighted by atomic mass is 10.2. The highest BCUT2D eigenvalue weighted by Crippen LogP contribution is 2.35. The summed E-state index contributed by atoms with van der Waals surface area (Å²) < 4.78 is 1.64. The van der Waals surface area contributed by atoms with Crippen LogP contribution >= 0.6 is 11.8 Å². The molecule has 4 heteroatoms. The third kappa shape index (κ3) is 1.81. The Morgan fingerprint density at radius 3 is 2.23 bits per heavy atom. The second-order valence-corrected chi connectivity index (χ2v) is 10.5. The number of imidazole rings is 1. The lowest BCUT2D eigenvalue weighted by Crippen LogP contribution is -2.52. The van der Waals surface area contributed by atoms with E-state index in [-0.39, 0.29) is 5.04 Å². The Balaban J connectivity index is 3.15. The van der Waals surface area contributed by atoms with Gasteiger partial charge in [-0.3, -0.25) is 4.09 Å². The summed E-state index contributed by atoms with van der Waals surface area (Å²) in [5.41, 5.74) is 1.06. The van der Waals surface area contributed by atoms with Crippen LogP contribution in [0.1, 0.15) is 20.8 Å². The monoisotopic (exact) mass is 216 g/mol. The SMILES string of the molecule is CC(C)(C)[Si](C)(C)c1nccn1Cl. The van der Waals surface area contributed by atoms with Gasteiger partial charge in [0.15, 0.2) is 0 Å². The van der Waals surface area contributed by atoms with E-state index in [1.165, 1.54) is 0 Å². The Bertz CT molecular complexity index is 299. The number of rotatable bonds is 1. The van der Waals surface area contributed by atoms with Gasteiger partial charge in [0.2, 0.25) is 0 Å². The molecule has 0 amide bonds. The van der Waals surface area contributed by atoms with E-state index in [0.717, 1.165) is 5.45 Å². The van der Waals surface area contributed by atoms with E-state index in [9.17, 15) is 0 Å². The standard InChI is InChI=1S/C9H17ClN2Si/c1-9(2,3)13(4,5)8-11-6-7-12(8)10/h6-7H,1-5H3. The highest BCUT2D eigenvalue weighted by atomic mass is 35.5. The van der Waals surface area contributed by atoms with Gasteiger partial charge in [-0.25, -0.2) is 4.98 Å². The minimum atomic E-state index is -1.55. The molecule has 0 aliphatic heterocycles. The van der Waals surface area contributed by atoms with Crippen molar-refractivity contribution in [2.75, 3.05) is 0 Å². The van der Waals surface area contributed by atoms with Crippen LogP contribution in [0.4, 0.5) is 0 Å². The molecule has 13 heavy (non-hydrogen) atoms. The van der Waals surface area contributed by atoms with E-state index in [1.807, 2.05) is 0 Å². The van der Waals surface area contributed by atoms with Crippen molar-refractivity contribution in [2.24, 2.45) is 0 Å². The highest BCUT2D eigenvalue weighted by Gasteiger charge is 2.40.